The van der Waals surface area contributed by atoms with Gasteiger partial charge < -0.3 is 10.1 Å². The summed E-state index contributed by atoms with van der Waals surface area (Å²) in [4.78, 5) is 29.9. The molecule has 0 aromatic carbocycles. The van der Waals surface area contributed by atoms with Gasteiger partial charge in [-0.25, -0.2) is 4.79 Å². The van der Waals surface area contributed by atoms with Crippen LogP contribution in [0.3, 0.4) is 0 Å². The molecule has 0 bridgehead atoms. The maximum Gasteiger partial charge on any atom is 0.328 e. The Morgan fingerprint density at radius 1 is 1.42 bits per heavy atom. The number of H-pyrrole nitrogens is 1. The zero-order valence-electron chi connectivity index (χ0n) is 13.3. The number of aromatic nitrogens is 2. The van der Waals surface area contributed by atoms with Gasteiger partial charge in [-0.3, -0.25) is 9.36 Å². The highest BCUT2D eigenvalue weighted by Gasteiger charge is 2.23. The number of hydrogen-bond acceptors (Lipinski definition) is 5. The number of aliphatic hydroxyl groups is 1. The minimum atomic E-state index is -0.948. The molecule has 0 saturated heterocycles. The van der Waals surface area contributed by atoms with Crippen LogP contribution in [0.2, 0.25) is 0 Å². The third-order valence-corrected chi connectivity index (χ3v) is 4.38. The van der Waals surface area contributed by atoms with Crippen molar-refractivity contribution in [1.29, 1.82) is 5.26 Å². The Morgan fingerprint density at radius 3 is 2.75 bits per heavy atom. The molecule has 1 aromatic heterocycles. The quantitative estimate of drug-likeness (QED) is 0.461. The van der Waals surface area contributed by atoms with Crippen molar-refractivity contribution in [3.05, 3.63) is 42.5 Å². The molecule has 24 heavy (non-hydrogen) atoms. The number of nitrogens with one attached hydrogen (secondary N) is 1. The lowest BCUT2D eigenvalue weighted by Crippen LogP contribution is -2.39. The zero-order valence-corrected chi connectivity index (χ0v) is 13.3. The summed E-state index contributed by atoms with van der Waals surface area (Å²) in [6, 6.07) is 1.92. The van der Waals surface area contributed by atoms with E-state index in [0.717, 1.165) is 36.7 Å². The second kappa shape index (κ2) is 8.34. The van der Waals surface area contributed by atoms with E-state index in [1.165, 1.54) is 0 Å². The topological polar surface area (TPSA) is 148 Å². The van der Waals surface area contributed by atoms with Crippen LogP contribution in [-0.4, -0.2) is 27.3 Å². The number of aromatic amines is 1. The number of hydrogen-bond donors (Lipinski definition) is 2. The monoisotopic (exact) mass is 332 g/mol. The van der Waals surface area contributed by atoms with Crippen LogP contribution in [0.15, 0.2) is 14.7 Å². The Bertz CT molecular complexity index is 778. The lowest BCUT2D eigenvalue weighted by molar-refractivity contribution is 0.165. The van der Waals surface area contributed by atoms with Crippen molar-refractivity contribution in [2.75, 3.05) is 6.54 Å². The van der Waals surface area contributed by atoms with Crippen LogP contribution in [-0.2, 0) is 6.54 Å². The molecule has 1 aliphatic rings. The van der Waals surface area contributed by atoms with E-state index in [0.29, 0.717) is 5.69 Å². The van der Waals surface area contributed by atoms with Gasteiger partial charge in [0.25, 0.3) is 5.56 Å². The van der Waals surface area contributed by atoms with Gasteiger partial charge in [-0.15, -0.1) is 0 Å². The largest absolute Gasteiger partial charge is 0.393 e. The van der Waals surface area contributed by atoms with Gasteiger partial charge in [-0.2, -0.15) is 5.26 Å². The number of aliphatic hydroxyl groups excluding tert-OH is 1. The normalized spacial score (nSPS) is 16.2. The fraction of sp³-hybridized carbons (Fsp3) is 0.667. The van der Waals surface area contributed by atoms with Crippen molar-refractivity contribution >= 4 is 0 Å². The highest BCUT2D eigenvalue weighted by molar-refractivity contribution is 5.33. The van der Waals surface area contributed by atoms with Crippen molar-refractivity contribution in [2.24, 2.45) is 5.11 Å². The summed E-state index contributed by atoms with van der Waals surface area (Å²) >= 11 is 0. The van der Waals surface area contributed by atoms with Crippen LogP contribution in [0.25, 0.3) is 10.4 Å². The van der Waals surface area contributed by atoms with Crippen LogP contribution >= 0.6 is 0 Å². The smallest absolute Gasteiger partial charge is 0.328 e. The van der Waals surface area contributed by atoms with Crippen molar-refractivity contribution in [2.45, 2.75) is 57.1 Å². The molecule has 2 rings (SSSR count). The Hall–Kier alpha value is -2.56. The summed E-state index contributed by atoms with van der Waals surface area (Å²) in [7, 11) is 0. The minimum absolute atomic E-state index is 0.0222. The van der Waals surface area contributed by atoms with Gasteiger partial charge in [0, 0.05) is 23.1 Å². The first-order valence-electron chi connectivity index (χ1n) is 8.04. The van der Waals surface area contributed by atoms with E-state index in [4.69, 9.17) is 5.53 Å². The van der Waals surface area contributed by atoms with Crippen LogP contribution in [0.4, 0.5) is 0 Å². The predicted molar refractivity (Wildman–Crippen MR) is 86.5 cm³/mol. The van der Waals surface area contributed by atoms with E-state index < -0.39 is 17.4 Å². The molecule has 1 saturated carbocycles. The van der Waals surface area contributed by atoms with E-state index >= 15 is 0 Å². The second-order valence-electron chi connectivity index (χ2n) is 5.98. The molecule has 128 valence electrons. The van der Waals surface area contributed by atoms with Gasteiger partial charge in [0.2, 0.25) is 0 Å². The first-order valence-corrected chi connectivity index (χ1v) is 8.04. The summed E-state index contributed by atoms with van der Waals surface area (Å²) < 4.78 is 0.921. The molecule has 0 spiro atoms. The van der Waals surface area contributed by atoms with E-state index in [9.17, 15) is 20.0 Å². The summed E-state index contributed by atoms with van der Waals surface area (Å²) in [6.07, 6.45) is 4.02. The third-order valence-electron chi connectivity index (χ3n) is 4.38. The highest BCUT2D eigenvalue weighted by Crippen LogP contribution is 2.31. The zero-order chi connectivity index (χ0) is 17.5. The van der Waals surface area contributed by atoms with Crippen LogP contribution in [0.1, 0.15) is 55.7 Å². The summed E-state index contributed by atoms with van der Waals surface area (Å²) in [5, 5.41) is 22.2. The molecular formula is C15H20N6O3. The number of nitrogens with zero attached hydrogens (tertiary/aromatic N) is 5. The van der Waals surface area contributed by atoms with Gasteiger partial charge in [0.15, 0.2) is 0 Å². The highest BCUT2D eigenvalue weighted by atomic mass is 16.3. The van der Waals surface area contributed by atoms with Gasteiger partial charge in [-0.1, -0.05) is 24.4 Å². The lowest BCUT2D eigenvalue weighted by atomic mass is 9.85. The van der Waals surface area contributed by atoms with Crippen LogP contribution < -0.4 is 11.2 Å². The van der Waals surface area contributed by atoms with Gasteiger partial charge >= 0.3 is 5.69 Å². The maximum absolute atomic E-state index is 12.5. The van der Waals surface area contributed by atoms with E-state index in [-0.39, 0.29) is 31.0 Å². The Kier molecular flexibility index (Phi) is 6.18. The van der Waals surface area contributed by atoms with Crippen molar-refractivity contribution in [1.82, 2.24) is 9.55 Å². The average Bonchev–Trinajstić information content (AvgIpc) is 2.60. The molecule has 0 aliphatic heterocycles. The van der Waals surface area contributed by atoms with Gasteiger partial charge in [-0.05, 0) is 24.8 Å². The molecule has 9 nitrogen and oxygen atoms in total. The Balaban J connectivity index is 2.28. The van der Waals surface area contributed by atoms with Gasteiger partial charge in [0.1, 0.15) is 11.6 Å². The van der Waals surface area contributed by atoms with Crippen LogP contribution in [0.5, 0.6) is 0 Å². The van der Waals surface area contributed by atoms with Crippen molar-refractivity contribution in [3.8, 4) is 6.07 Å². The number of azide groups is 1. The van der Waals surface area contributed by atoms with Crippen LogP contribution in [0, 0.1) is 11.3 Å². The predicted octanol–water partition coefficient (Wildman–Crippen LogP) is 1.52. The van der Waals surface area contributed by atoms with E-state index in [1.54, 1.807) is 0 Å². The molecule has 1 atom stereocenters. The summed E-state index contributed by atoms with van der Waals surface area (Å²) in [6.45, 7) is -0.176. The number of nitriles is 1. The molecule has 1 fully saturated rings. The first kappa shape index (κ1) is 17.8. The fourth-order valence-electron chi connectivity index (χ4n) is 3.10. The molecule has 0 amide bonds. The molecular weight excluding hydrogens is 312 g/mol. The maximum atomic E-state index is 12.5. The van der Waals surface area contributed by atoms with Crippen molar-refractivity contribution in [3.63, 3.8) is 0 Å². The summed E-state index contributed by atoms with van der Waals surface area (Å²) in [5.74, 6) is 0.0407. The lowest BCUT2D eigenvalue weighted by Gasteiger charge is -2.22. The molecule has 1 aromatic rings. The standard InChI is InChI=1S/C15H20N6O3/c16-8-12-13(10-4-2-1-3-5-10)19-15(24)21(14(12)23)7-6-11(22)9-18-20-17/h10-11,22H,1-7,9H2,(H,19,24)/t11-/m0/s1. The van der Waals surface area contributed by atoms with Gasteiger partial charge in [0.05, 0.1) is 12.6 Å². The van der Waals surface area contributed by atoms with E-state index in [1.807, 2.05) is 6.07 Å². The molecule has 2 N–H and O–H groups in total. The van der Waals surface area contributed by atoms with Crippen molar-refractivity contribution < 1.29 is 5.11 Å². The van der Waals surface area contributed by atoms with E-state index in [2.05, 4.69) is 15.0 Å². The first-order chi connectivity index (χ1) is 11.6. The SMILES string of the molecule is N#Cc1c(C2CCCCC2)[nH]c(=O)n(CC[C@H](O)CN=[N+]=[N-])c1=O. The Morgan fingerprint density at radius 2 is 2.12 bits per heavy atom. The summed E-state index contributed by atoms with van der Waals surface area (Å²) in [5.41, 5.74) is 7.43. The Labute approximate surface area is 138 Å². The third kappa shape index (κ3) is 4.04. The average molecular weight is 332 g/mol. The molecule has 1 aliphatic carbocycles. The molecule has 9 heteroatoms. The minimum Gasteiger partial charge on any atom is -0.393 e. The molecule has 1 heterocycles. The molecule has 0 radical (unpaired) electrons. The number of rotatable bonds is 6. The fourth-order valence-corrected chi connectivity index (χ4v) is 3.10. The molecule has 0 unspecified atom stereocenters. The second-order valence-corrected chi connectivity index (χ2v) is 5.98.